The molecule has 1 atom stereocenters. The summed E-state index contributed by atoms with van der Waals surface area (Å²) in [6.07, 6.45) is 3.82. The van der Waals surface area contributed by atoms with E-state index < -0.39 is 0 Å². The van der Waals surface area contributed by atoms with Gasteiger partial charge in [-0.3, -0.25) is 4.79 Å². The van der Waals surface area contributed by atoms with Gasteiger partial charge in [0, 0.05) is 25.8 Å². The number of halogens is 1. The van der Waals surface area contributed by atoms with Gasteiger partial charge in [0.25, 0.3) is 5.91 Å². The molecule has 4 rings (SSSR count). The molecule has 2 aromatic heterocycles. The smallest absolute Gasteiger partial charge is 0.289 e. The van der Waals surface area contributed by atoms with Crippen LogP contribution in [-0.4, -0.2) is 53.6 Å². The summed E-state index contributed by atoms with van der Waals surface area (Å²) in [5.74, 6) is 0.792. The van der Waals surface area contributed by atoms with E-state index in [2.05, 4.69) is 14.9 Å². The lowest BCUT2D eigenvalue weighted by Crippen LogP contribution is -2.42. The largest absolute Gasteiger partial charge is 0.440 e. The average Bonchev–Trinajstić information content (AvgIpc) is 3.33. The van der Waals surface area contributed by atoms with Gasteiger partial charge >= 0.3 is 0 Å². The number of hydrogen-bond donors (Lipinski definition) is 0. The molecule has 0 saturated carbocycles. The van der Waals surface area contributed by atoms with E-state index in [0.29, 0.717) is 19.7 Å². The van der Waals surface area contributed by atoms with Crippen LogP contribution < -0.4 is 4.90 Å². The van der Waals surface area contributed by atoms with E-state index in [1.54, 1.807) is 23.2 Å². The summed E-state index contributed by atoms with van der Waals surface area (Å²) in [4.78, 5) is 25.5. The van der Waals surface area contributed by atoms with Crippen LogP contribution in [0.4, 0.5) is 5.95 Å². The number of carbonyl (C=O) groups is 1. The highest BCUT2D eigenvalue weighted by Gasteiger charge is 2.29. The lowest BCUT2D eigenvalue weighted by atomic mass is 10.2. The van der Waals surface area contributed by atoms with Crippen LogP contribution in [0.15, 0.2) is 28.8 Å². The molecule has 2 aromatic rings. The van der Waals surface area contributed by atoms with Crippen LogP contribution in [0, 0.1) is 0 Å². The third kappa shape index (κ3) is 3.48. The van der Waals surface area contributed by atoms with Crippen molar-refractivity contribution in [2.75, 3.05) is 37.7 Å². The second-order valence-corrected chi connectivity index (χ2v) is 6.56. The first-order valence-corrected chi connectivity index (χ1v) is 8.82. The first-order chi connectivity index (χ1) is 12.2. The highest BCUT2D eigenvalue weighted by Crippen LogP contribution is 2.25. The Morgan fingerprint density at radius 2 is 2.04 bits per heavy atom. The molecular formula is C17H19ClN4O3. The highest BCUT2D eigenvalue weighted by molar-refractivity contribution is 6.29. The number of anilines is 1. The average molecular weight is 363 g/mol. The van der Waals surface area contributed by atoms with E-state index in [4.69, 9.17) is 20.8 Å². The van der Waals surface area contributed by atoms with Crippen LogP contribution in [0.3, 0.4) is 0 Å². The summed E-state index contributed by atoms with van der Waals surface area (Å²) in [5, 5.41) is 0.208. The maximum Gasteiger partial charge on any atom is 0.289 e. The number of amides is 1. The molecule has 0 N–H and O–H groups in total. The molecule has 2 aliphatic heterocycles. The lowest BCUT2D eigenvalue weighted by molar-refractivity contribution is -0.0256. The fourth-order valence-electron chi connectivity index (χ4n) is 3.21. The van der Waals surface area contributed by atoms with Gasteiger partial charge in [-0.2, -0.15) is 0 Å². The standard InChI is InChI=1S/C17H19ClN4O3/c18-15-4-3-13(25-15)16(23)22-9-10-24-14(11-22)12-5-6-19-17(20-12)21-7-1-2-8-21/h3-6,14H,1-2,7-11H2. The maximum absolute atomic E-state index is 12.5. The molecule has 4 heterocycles. The third-order valence-corrected chi connectivity index (χ3v) is 4.72. The van der Waals surface area contributed by atoms with E-state index >= 15 is 0 Å². The van der Waals surface area contributed by atoms with Crippen molar-refractivity contribution in [3.63, 3.8) is 0 Å². The van der Waals surface area contributed by atoms with Crippen molar-refractivity contribution >= 4 is 23.5 Å². The Morgan fingerprint density at radius 1 is 1.20 bits per heavy atom. The van der Waals surface area contributed by atoms with Crippen molar-refractivity contribution in [1.29, 1.82) is 0 Å². The zero-order valence-electron chi connectivity index (χ0n) is 13.7. The number of ether oxygens (including phenoxy) is 1. The molecule has 7 nitrogen and oxygen atoms in total. The third-order valence-electron chi connectivity index (χ3n) is 4.52. The molecule has 2 fully saturated rings. The van der Waals surface area contributed by atoms with E-state index in [-0.39, 0.29) is 23.0 Å². The van der Waals surface area contributed by atoms with Crippen molar-refractivity contribution in [1.82, 2.24) is 14.9 Å². The number of nitrogens with zero attached hydrogens (tertiary/aromatic N) is 4. The van der Waals surface area contributed by atoms with Gasteiger partial charge in [-0.1, -0.05) is 0 Å². The number of morpholine rings is 1. The Labute approximate surface area is 150 Å². The maximum atomic E-state index is 12.5. The molecule has 1 unspecified atom stereocenters. The van der Waals surface area contributed by atoms with Crippen molar-refractivity contribution in [2.45, 2.75) is 18.9 Å². The van der Waals surface area contributed by atoms with Crippen LogP contribution >= 0.6 is 11.6 Å². The van der Waals surface area contributed by atoms with Crippen molar-refractivity contribution in [2.24, 2.45) is 0 Å². The molecule has 0 aromatic carbocycles. The van der Waals surface area contributed by atoms with Gasteiger partial charge in [0.15, 0.2) is 11.0 Å². The van der Waals surface area contributed by atoms with Gasteiger partial charge in [0.1, 0.15) is 6.10 Å². The molecular weight excluding hydrogens is 344 g/mol. The summed E-state index contributed by atoms with van der Waals surface area (Å²) in [7, 11) is 0. The molecule has 0 spiro atoms. The van der Waals surface area contributed by atoms with E-state index in [9.17, 15) is 4.79 Å². The molecule has 132 valence electrons. The Bertz CT molecular complexity index is 760. The second kappa shape index (κ2) is 7.01. The fraction of sp³-hybridized carbons (Fsp3) is 0.471. The van der Waals surface area contributed by atoms with Gasteiger partial charge in [-0.25, -0.2) is 9.97 Å². The summed E-state index contributed by atoms with van der Waals surface area (Å²) < 4.78 is 11.1. The first kappa shape index (κ1) is 16.4. The zero-order chi connectivity index (χ0) is 17.2. The quantitative estimate of drug-likeness (QED) is 0.835. The van der Waals surface area contributed by atoms with Crippen molar-refractivity contribution in [3.05, 3.63) is 41.1 Å². The molecule has 0 radical (unpaired) electrons. The zero-order valence-corrected chi connectivity index (χ0v) is 14.5. The Hall–Kier alpha value is -2.12. The van der Waals surface area contributed by atoms with Crippen LogP contribution in [0.2, 0.25) is 5.22 Å². The second-order valence-electron chi connectivity index (χ2n) is 6.19. The molecule has 0 bridgehead atoms. The summed E-state index contributed by atoms with van der Waals surface area (Å²) in [6, 6.07) is 5.01. The number of carbonyl (C=O) groups excluding carboxylic acids is 1. The Kier molecular flexibility index (Phi) is 4.59. The number of hydrogen-bond acceptors (Lipinski definition) is 6. The van der Waals surface area contributed by atoms with E-state index in [0.717, 1.165) is 24.7 Å². The topological polar surface area (TPSA) is 71.7 Å². The summed E-state index contributed by atoms with van der Waals surface area (Å²) >= 11 is 5.76. The summed E-state index contributed by atoms with van der Waals surface area (Å²) in [5.41, 5.74) is 0.798. The molecule has 2 aliphatic rings. The minimum absolute atomic E-state index is 0.186. The van der Waals surface area contributed by atoms with Gasteiger partial charge in [0.05, 0.1) is 18.8 Å². The van der Waals surface area contributed by atoms with E-state index in [1.165, 1.54) is 12.8 Å². The normalized spacial score (nSPS) is 20.9. The SMILES string of the molecule is O=C(c1ccc(Cl)o1)N1CCOC(c2ccnc(N3CCCC3)n2)C1. The molecule has 0 aliphatic carbocycles. The van der Waals surface area contributed by atoms with Crippen LogP contribution in [-0.2, 0) is 4.74 Å². The van der Waals surface area contributed by atoms with Crippen molar-refractivity contribution in [3.8, 4) is 0 Å². The highest BCUT2D eigenvalue weighted by atomic mass is 35.5. The summed E-state index contributed by atoms with van der Waals surface area (Å²) in [6.45, 7) is 3.36. The number of furan rings is 1. The van der Waals surface area contributed by atoms with Crippen LogP contribution in [0.25, 0.3) is 0 Å². The van der Waals surface area contributed by atoms with Gasteiger partial charge in [-0.15, -0.1) is 0 Å². The molecule has 2 saturated heterocycles. The van der Waals surface area contributed by atoms with Crippen LogP contribution in [0.5, 0.6) is 0 Å². The van der Waals surface area contributed by atoms with Gasteiger partial charge in [0.2, 0.25) is 5.95 Å². The van der Waals surface area contributed by atoms with E-state index in [1.807, 2.05) is 6.07 Å². The Morgan fingerprint density at radius 3 is 2.80 bits per heavy atom. The predicted molar refractivity (Wildman–Crippen MR) is 91.8 cm³/mol. The number of aromatic nitrogens is 2. The molecule has 25 heavy (non-hydrogen) atoms. The van der Waals surface area contributed by atoms with Gasteiger partial charge in [-0.05, 0) is 42.6 Å². The van der Waals surface area contributed by atoms with Gasteiger partial charge < -0.3 is 19.0 Å². The monoisotopic (exact) mass is 362 g/mol. The number of rotatable bonds is 3. The lowest BCUT2D eigenvalue weighted by Gasteiger charge is -2.32. The first-order valence-electron chi connectivity index (χ1n) is 8.45. The van der Waals surface area contributed by atoms with Crippen molar-refractivity contribution < 1.29 is 13.9 Å². The fourth-order valence-corrected chi connectivity index (χ4v) is 3.35. The van der Waals surface area contributed by atoms with Crippen LogP contribution in [0.1, 0.15) is 35.2 Å². The molecule has 1 amide bonds. The molecule has 8 heteroatoms. The Balaban J connectivity index is 1.49. The predicted octanol–water partition coefficient (Wildman–Crippen LogP) is 2.54. The minimum Gasteiger partial charge on any atom is -0.440 e. The minimum atomic E-state index is -0.271.